The molecule has 0 unspecified atom stereocenters. The maximum atomic E-state index is 12.0. The number of carbonyl (C=O) groups is 1. The molecular formula is C24H28ClN5O3. The predicted molar refractivity (Wildman–Crippen MR) is 124 cm³/mol. The number of piperidine rings is 1. The summed E-state index contributed by atoms with van der Waals surface area (Å²) in [5.41, 5.74) is 7.14. The van der Waals surface area contributed by atoms with E-state index in [0.29, 0.717) is 22.3 Å². The van der Waals surface area contributed by atoms with Gasteiger partial charge in [0.25, 0.3) is 5.91 Å². The summed E-state index contributed by atoms with van der Waals surface area (Å²) in [4.78, 5) is 14.2. The average Bonchev–Trinajstić information content (AvgIpc) is 2.84. The van der Waals surface area contributed by atoms with Crippen molar-refractivity contribution in [2.24, 2.45) is 11.7 Å². The molecule has 3 N–H and O–H groups in total. The van der Waals surface area contributed by atoms with E-state index in [1.807, 2.05) is 12.1 Å². The van der Waals surface area contributed by atoms with Crippen molar-refractivity contribution in [3.05, 3.63) is 46.1 Å². The van der Waals surface area contributed by atoms with Crippen LogP contribution in [0.25, 0.3) is 0 Å². The molecule has 0 atom stereocenters. The number of benzene rings is 1. The van der Waals surface area contributed by atoms with Crippen LogP contribution in [0.4, 0.5) is 5.82 Å². The molecule has 1 saturated heterocycles. The Morgan fingerprint density at radius 3 is 2.52 bits per heavy atom. The number of amides is 1. The molecule has 2 aromatic rings. The van der Waals surface area contributed by atoms with E-state index >= 15 is 0 Å². The fourth-order valence-corrected chi connectivity index (χ4v) is 4.95. The quantitative estimate of drug-likeness (QED) is 0.663. The summed E-state index contributed by atoms with van der Waals surface area (Å²) < 4.78 is 6.09. The maximum absolute atomic E-state index is 12.0. The molecule has 9 heteroatoms. The Morgan fingerprint density at radius 2 is 1.91 bits per heavy atom. The highest BCUT2D eigenvalue weighted by atomic mass is 35.5. The normalized spacial score (nSPS) is 21.4. The number of hydrogen-bond acceptors (Lipinski definition) is 7. The highest BCUT2D eigenvalue weighted by Crippen LogP contribution is 2.37. The lowest BCUT2D eigenvalue weighted by molar-refractivity contribution is 0.0991. The van der Waals surface area contributed by atoms with E-state index in [4.69, 9.17) is 27.3 Å². The highest BCUT2D eigenvalue weighted by molar-refractivity contribution is 6.31. The smallest absolute Gasteiger partial charge is 0.269 e. The van der Waals surface area contributed by atoms with Gasteiger partial charge in [-0.15, -0.1) is 10.2 Å². The number of hydrogen-bond donors (Lipinski definition) is 2. The lowest BCUT2D eigenvalue weighted by atomic mass is 9.82. The van der Waals surface area contributed by atoms with Gasteiger partial charge in [-0.2, -0.15) is 5.26 Å². The topological polar surface area (TPSA) is 125 Å². The van der Waals surface area contributed by atoms with Crippen molar-refractivity contribution in [2.75, 3.05) is 24.6 Å². The van der Waals surface area contributed by atoms with E-state index in [-0.39, 0.29) is 24.3 Å². The lowest BCUT2D eigenvalue weighted by Crippen LogP contribution is -2.36. The summed E-state index contributed by atoms with van der Waals surface area (Å²) in [5.74, 6) is 1.34. The van der Waals surface area contributed by atoms with Crippen LogP contribution >= 0.6 is 11.6 Å². The van der Waals surface area contributed by atoms with Crippen LogP contribution < -0.4 is 15.4 Å². The fourth-order valence-electron chi connectivity index (χ4n) is 4.74. The monoisotopic (exact) mass is 469 g/mol. The molecule has 1 saturated carbocycles. The summed E-state index contributed by atoms with van der Waals surface area (Å²) in [6.45, 7) is 1.83. The van der Waals surface area contributed by atoms with Crippen LogP contribution in [0.3, 0.4) is 0 Å². The first-order valence-electron chi connectivity index (χ1n) is 11.4. The van der Waals surface area contributed by atoms with Gasteiger partial charge < -0.3 is 20.5 Å². The number of ether oxygens (including phenoxy) is 1. The van der Waals surface area contributed by atoms with Gasteiger partial charge in [0, 0.05) is 25.8 Å². The molecule has 4 rings (SSSR count). The molecule has 1 amide bonds. The van der Waals surface area contributed by atoms with Crippen LogP contribution in [0, 0.1) is 17.2 Å². The first-order chi connectivity index (χ1) is 16.0. The number of nitrogens with zero attached hydrogens (tertiary/aromatic N) is 4. The molecule has 0 bridgehead atoms. The Morgan fingerprint density at radius 1 is 1.18 bits per heavy atom. The van der Waals surface area contributed by atoms with Crippen LogP contribution in [0.1, 0.15) is 66.1 Å². The second-order valence-corrected chi connectivity index (χ2v) is 9.24. The van der Waals surface area contributed by atoms with Crippen LogP contribution in [0.5, 0.6) is 5.75 Å². The number of primary amides is 1. The molecule has 2 heterocycles. The van der Waals surface area contributed by atoms with Gasteiger partial charge in [-0.3, -0.25) is 4.79 Å². The molecule has 0 spiro atoms. The second-order valence-electron chi connectivity index (χ2n) is 8.83. The first-order valence-corrected chi connectivity index (χ1v) is 11.8. The molecule has 1 aromatic carbocycles. The molecule has 1 aliphatic heterocycles. The zero-order valence-electron chi connectivity index (χ0n) is 18.4. The largest absolute Gasteiger partial charge is 0.490 e. The van der Waals surface area contributed by atoms with Crippen molar-refractivity contribution in [2.45, 2.75) is 50.5 Å². The molecule has 0 radical (unpaired) electrons. The minimum Gasteiger partial charge on any atom is -0.490 e. The summed E-state index contributed by atoms with van der Waals surface area (Å²) in [7, 11) is 0. The number of anilines is 1. The minimum atomic E-state index is -0.561. The van der Waals surface area contributed by atoms with Crippen LogP contribution in [-0.2, 0) is 0 Å². The number of rotatable bonds is 6. The van der Waals surface area contributed by atoms with E-state index in [1.165, 1.54) is 0 Å². The molecule has 2 fully saturated rings. The van der Waals surface area contributed by atoms with Gasteiger partial charge in [-0.05, 0) is 74.1 Å². The molecule has 1 aliphatic carbocycles. The van der Waals surface area contributed by atoms with Crippen molar-refractivity contribution in [3.63, 3.8) is 0 Å². The van der Waals surface area contributed by atoms with Gasteiger partial charge in [-0.25, -0.2) is 0 Å². The summed E-state index contributed by atoms with van der Waals surface area (Å²) in [6.07, 6.45) is 5.17. The van der Waals surface area contributed by atoms with Crippen LogP contribution in [0.2, 0.25) is 5.02 Å². The van der Waals surface area contributed by atoms with Crippen molar-refractivity contribution in [1.82, 2.24) is 10.2 Å². The number of nitrogens with two attached hydrogens (primary N) is 1. The summed E-state index contributed by atoms with van der Waals surface area (Å²) in [6, 6.07) is 9.12. The summed E-state index contributed by atoms with van der Waals surface area (Å²) >= 11 is 6.12. The molecular weight excluding hydrogens is 442 g/mol. The van der Waals surface area contributed by atoms with Crippen LogP contribution in [0.15, 0.2) is 24.3 Å². The Hall–Kier alpha value is -2.89. The van der Waals surface area contributed by atoms with Crippen LogP contribution in [-0.4, -0.2) is 47.0 Å². The Kier molecular flexibility index (Phi) is 7.31. The average molecular weight is 470 g/mol. The molecule has 174 valence electrons. The van der Waals surface area contributed by atoms with E-state index < -0.39 is 5.91 Å². The van der Waals surface area contributed by atoms with Gasteiger partial charge in [0.05, 0.1) is 16.7 Å². The first kappa shape index (κ1) is 23.3. The number of aliphatic hydroxyl groups excluding tert-OH is 1. The number of nitriles is 1. The predicted octanol–water partition coefficient (Wildman–Crippen LogP) is 3.41. The van der Waals surface area contributed by atoms with Gasteiger partial charge >= 0.3 is 0 Å². The minimum absolute atomic E-state index is 0.0362. The maximum Gasteiger partial charge on any atom is 0.269 e. The second kappa shape index (κ2) is 10.4. The number of aliphatic hydroxyl groups is 1. The van der Waals surface area contributed by atoms with Gasteiger partial charge in [0.1, 0.15) is 11.8 Å². The van der Waals surface area contributed by atoms with E-state index in [9.17, 15) is 9.90 Å². The van der Waals surface area contributed by atoms with Gasteiger partial charge in [0.15, 0.2) is 11.5 Å². The zero-order valence-corrected chi connectivity index (χ0v) is 19.2. The van der Waals surface area contributed by atoms with Crippen molar-refractivity contribution in [1.29, 1.82) is 5.26 Å². The number of halogens is 1. The van der Waals surface area contributed by atoms with E-state index in [2.05, 4.69) is 15.1 Å². The van der Waals surface area contributed by atoms with Gasteiger partial charge in [-0.1, -0.05) is 11.6 Å². The lowest BCUT2D eigenvalue weighted by Gasteiger charge is -2.33. The van der Waals surface area contributed by atoms with E-state index in [0.717, 1.165) is 63.0 Å². The Bertz CT molecular complexity index is 1040. The van der Waals surface area contributed by atoms with Crippen molar-refractivity contribution < 1.29 is 14.6 Å². The number of aromatic nitrogens is 2. The molecule has 1 aromatic heterocycles. The highest BCUT2D eigenvalue weighted by Gasteiger charge is 2.29. The molecule has 2 aliphatic rings. The third-order valence-corrected chi connectivity index (χ3v) is 7.03. The fraction of sp³-hybridized carbons (Fsp3) is 0.500. The zero-order chi connectivity index (χ0) is 23.4. The van der Waals surface area contributed by atoms with Gasteiger partial charge in [0.2, 0.25) is 0 Å². The molecule has 33 heavy (non-hydrogen) atoms. The standard InChI is InChI=1S/C24H28ClN5O3/c25-21-11-19(6-3-17(21)13-26)33-18-4-1-16(2-5-18)20-12-22(28-29-23(20)24(27)32)30-9-7-15(14-31)8-10-30/h3,6,11-12,15-16,18,31H,1-2,4-5,7-10,14H2,(H2,27,32). The third-order valence-electron chi connectivity index (χ3n) is 6.72. The van der Waals surface area contributed by atoms with E-state index in [1.54, 1.807) is 18.2 Å². The summed E-state index contributed by atoms with van der Waals surface area (Å²) in [5, 5.41) is 27.3. The Balaban J connectivity index is 1.44. The number of carbonyl (C=O) groups excluding carboxylic acids is 1. The Labute approximate surface area is 198 Å². The third kappa shape index (κ3) is 5.37. The molecule has 8 nitrogen and oxygen atoms in total. The van der Waals surface area contributed by atoms with Crippen molar-refractivity contribution >= 4 is 23.3 Å². The SMILES string of the molecule is N#Cc1ccc(OC2CCC(c3cc(N4CCC(CO)CC4)nnc3C(N)=O)CC2)cc1Cl. The van der Waals surface area contributed by atoms with Crippen molar-refractivity contribution in [3.8, 4) is 11.8 Å².